The summed E-state index contributed by atoms with van der Waals surface area (Å²) in [4.78, 5) is 41.8. The largest absolute Gasteiger partial charge is 0.433 e. The molecule has 0 unspecified atom stereocenters. The number of aromatic nitrogens is 3. The van der Waals surface area contributed by atoms with E-state index in [1.807, 2.05) is 20.8 Å². The van der Waals surface area contributed by atoms with Crippen LogP contribution in [0.5, 0.6) is 0 Å². The van der Waals surface area contributed by atoms with E-state index < -0.39 is 35.4 Å². The van der Waals surface area contributed by atoms with E-state index in [1.165, 1.54) is 7.05 Å². The van der Waals surface area contributed by atoms with Crippen LogP contribution in [-0.2, 0) is 19.8 Å². The van der Waals surface area contributed by atoms with Gasteiger partial charge in [0, 0.05) is 12.6 Å². The number of Topliss-reactive ketones (excluding diaryl/α,β-unsaturated/α-hetero) is 1. The van der Waals surface area contributed by atoms with E-state index in [0.717, 1.165) is 37.5 Å². The lowest BCUT2D eigenvalue weighted by Gasteiger charge is -2.15. The minimum atomic E-state index is -4.71. The Balaban J connectivity index is 2.16. The van der Waals surface area contributed by atoms with Gasteiger partial charge in [0.05, 0.1) is 11.9 Å². The molecule has 9 heteroatoms. The molecule has 6 nitrogen and oxygen atoms in total. The Morgan fingerprint density at radius 1 is 1.03 bits per heavy atom. The van der Waals surface area contributed by atoms with Gasteiger partial charge in [-0.2, -0.15) is 13.2 Å². The van der Waals surface area contributed by atoms with E-state index in [0.29, 0.717) is 11.6 Å². The maximum absolute atomic E-state index is 12.9. The van der Waals surface area contributed by atoms with Gasteiger partial charge in [0.15, 0.2) is 5.78 Å². The molecule has 0 spiro atoms. The van der Waals surface area contributed by atoms with Crippen molar-refractivity contribution in [2.45, 2.75) is 40.4 Å². The van der Waals surface area contributed by atoms with Crippen molar-refractivity contribution in [1.29, 1.82) is 0 Å². The van der Waals surface area contributed by atoms with Crippen LogP contribution in [0.3, 0.4) is 0 Å². The monoisotopic (exact) mass is 419 g/mol. The van der Waals surface area contributed by atoms with Crippen molar-refractivity contribution in [3.05, 3.63) is 72.5 Å². The summed E-state index contributed by atoms with van der Waals surface area (Å²) < 4.78 is 40.4. The smallest absolute Gasteiger partial charge is 0.292 e. The Morgan fingerprint density at radius 3 is 2.27 bits per heavy atom. The molecule has 0 aliphatic rings. The first-order valence-corrected chi connectivity index (χ1v) is 9.13. The molecule has 2 aromatic heterocycles. The number of fused-ring (bicyclic) bond motifs is 1. The lowest BCUT2D eigenvalue weighted by Crippen LogP contribution is -2.41. The summed E-state index contributed by atoms with van der Waals surface area (Å²) in [6.45, 7) is 6.96. The van der Waals surface area contributed by atoms with Crippen LogP contribution in [-0.4, -0.2) is 19.9 Å². The van der Waals surface area contributed by atoms with Crippen LogP contribution in [0.25, 0.3) is 11.0 Å². The second kappa shape index (κ2) is 7.23. The number of carbonyl (C=O) groups excluding carboxylic acids is 1. The Morgan fingerprint density at radius 2 is 1.67 bits per heavy atom. The van der Waals surface area contributed by atoms with E-state index in [2.05, 4.69) is 4.98 Å². The van der Waals surface area contributed by atoms with E-state index in [4.69, 9.17) is 0 Å². The minimum Gasteiger partial charge on any atom is -0.292 e. The molecule has 0 atom stereocenters. The zero-order chi connectivity index (χ0) is 22.5. The number of rotatable bonds is 3. The number of aryl methyl sites for hydroxylation is 2. The number of hydrogen-bond donors (Lipinski definition) is 0. The zero-order valence-electron chi connectivity index (χ0n) is 17.1. The molecule has 0 saturated heterocycles. The summed E-state index contributed by atoms with van der Waals surface area (Å²) in [5, 5.41) is -0.175. The van der Waals surface area contributed by atoms with Crippen molar-refractivity contribution < 1.29 is 18.0 Å². The van der Waals surface area contributed by atoms with Crippen molar-refractivity contribution in [2.75, 3.05) is 0 Å². The Hall–Kier alpha value is -3.23. The van der Waals surface area contributed by atoms with Gasteiger partial charge in [-0.15, -0.1) is 0 Å². The van der Waals surface area contributed by atoms with Crippen molar-refractivity contribution in [3.63, 3.8) is 0 Å². The number of alkyl halides is 3. The van der Waals surface area contributed by atoms with Crippen LogP contribution in [0.4, 0.5) is 13.2 Å². The average molecular weight is 419 g/mol. The van der Waals surface area contributed by atoms with Gasteiger partial charge in [0.1, 0.15) is 11.3 Å². The minimum absolute atomic E-state index is 0.175. The molecule has 1 aromatic carbocycles. The number of pyridine rings is 1. The maximum atomic E-state index is 12.9. The summed E-state index contributed by atoms with van der Waals surface area (Å²) in [5.41, 5.74) is 0.688. The van der Waals surface area contributed by atoms with Gasteiger partial charge in [0.2, 0.25) is 0 Å². The second-order valence-electron chi connectivity index (χ2n) is 7.34. The van der Waals surface area contributed by atoms with Crippen LogP contribution >= 0.6 is 0 Å². The average Bonchev–Trinajstić information content (AvgIpc) is 2.69. The van der Waals surface area contributed by atoms with Crippen LogP contribution in [0.2, 0.25) is 0 Å². The normalized spacial score (nSPS) is 11.9. The predicted octanol–water partition coefficient (Wildman–Crippen LogP) is 3.23. The fraction of sp³-hybridized carbons (Fsp3) is 0.333. The van der Waals surface area contributed by atoms with E-state index in [-0.39, 0.29) is 11.0 Å². The molecule has 30 heavy (non-hydrogen) atoms. The quantitative estimate of drug-likeness (QED) is 0.611. The molecule has 0 bridgehead atoms. The first-order chi connectivity index (χ1) is 13.8. The predicted molar refractivity (Wildman–Crippen MR) is 106 cm³/mol. The zero-order valence-corrected chi connectivity index (χ0v) is 17.1. The fourth-order valence-electron chi connectivity index (χ4n) is 3.40. The van der Waals surface area contributed by atoms with Gasteiger partial charge in [-0.1, -0.05) is 0 Å². The number of hydrogen-bond acceptors (Lipinski definition) is 4. The van der Waals surface area contributed by atoms with Gasteiger partial charge in [-0.3, -0.25) is 18.7 Å². The number of halogens is 3. The summed E-state index contributed by atoms with van der Waals surface area (Å²) in [5.74, 6) is -0.433. The molecule has 2 heterocycles. The molecule has 158 valence electrons. The summed E-state index contributed by atoms with van der Waals surface area (Å²) in [6, 6.07) is 3.37. The standard InChI is InChI=1S/C21H20F3N3O3/c1-10-8-15(13(4)12(3)11(10)2)16(28)9-27-19(29)14-6-7-17(21(22,23)24)25-18(14)26(5)20(27)30/h6-8H,9H2,1-5H3. The molecule has 0 aliphatic heterocycles. The third-order valence-corrected chi connectivity index (χ3v) is 5.56. The molecule has 3 aromatic rings. The SMILES string of the molecule is Cc1cc(C(=O)Cn2c(=O)c3ccc(C(F)(F)F)nc3n(C)c2=O)c(C)c(C)c1C. The van der Waals surface area contributed by atoms with Gasteiger partial charge in [-0.05, 0) is 68.1 Å². The topological polar surface area (TPSA) is 74.0 Å². The lowest BCUT2D eigenvalue weighted by molar-refractivity contribution is -0.141. The van der Waals surface area contributed by atoms with Crippen LogP contribution in [0.1, 0.15) is 38.3 Å². The van der Waals surface area contributed by atoms with E-state index in [1.54, 1.807) is 13.0 Å². The molecule has 0 fully saturated rings. The Kier molecular flexibility index (Phi) is 5.17. The molecule has 0 amide bonds. The Bertz CT molecular complexity index is 1320. The summed E-state index contributed by atoms with van der Waals surface area (Å²) in [6.07, 6.45) is -4.71. The Labute approximate surface area is 169 Å². The van der Waals surface area contributed by atoms with Crippen molar-refractivity contribution in [3.8, 4) is 0 Å². The first-order valence-electron chi connectivity index (χ1n) is 9.13. The second-order valence-corrected chi connectivity index (χ2v) is 7.34. The summed E-state index contributed by atoms with van der Waals surface area (Å²) in [7, 11) is 1.21. The maximum Gasteiger partial charge on any atom is 0.433 e. The highest BCUT2D eigenvalue weighted by molar-refractivity contribution is 5.98. The van der Waals surface area contributed by atoms with E-state index in [9.17, 15) is 27.6 Å². The number of benzene rings is 1. The van der Waals surface area contributed by atoms with Gasteiger partial charge in [-0.25, -0.2) is 9.78 Å². The third kappa shape index (κ3) is 3.44. The highest BCUT2D eigenvalue weighted by atomic mass is 19.4. The van der Waals surface area contributed by atoms with Crippen molar-refractivity contribution >= 4 is 16.8 Å². The van der Waals surface area contributed by atoms with Gasteiger partial charge in [0.25, 0.3) is 5.56 Å². The molecule has 0 radical (unpaired) electrons. The van der Waals surface area contributed by atoms with Crippen molar-refractivity contribution in [1.82, 2.24) is 14.1 Å². The number of nitrogens with zero attached hydrogens (tertiary/aromatic N) is 3. The molecule has 0 aliphatic carbocycles. The van der Waals surface area contributed by atoms with Crippen molar-refractivity contribution in [2.24, 2.45) is 7.05 Å². The highest BCUT2D eigenvalue weighted by Gasteiger charge is 2.33. The molecule has 0 N–H and O–H groups in total. The number of carbonyl (C=O) groups is 1. The van der Waals surface area contributed by atoms with Crippen LogP contribution in [0.15, 0.2) is 27.8 Å². The van der Waals surface area contributed by atoms with E-state index >= 15 is 0 Å². The van der Waals surface area contributed by atoms with Gasteiger partial charge >= 0.3 is 11.9 Å². The van der Waals surface area contributed by atoms with Gasteiger partial charge < -0.3 is 0 Å². The molecule has 3 rings (SSSR count). The molecular formula is C21H20F3N3O3. The highest BCUT2D eigenvalue weighted by Crippen LogP contribution is 2.28. The third-order valence-electron chi connectivity index (χ3n) is 5.56. The number of ketones is 1. The fourth-order valence-corrected chi connectivity index (χ4v) is 3.40. The first kappa shape index (κ1) is 21.5. The van der Waals surface area contributed by atoms with Crippen LogP contribution in [0, 0.1) is 27.7 Å². The lowest BCUT2D eigenvalue weighted by atomic mass is 9.92. The van der Waals surface area contributed by atoms with Crippen LogP contribution < -0.4 is 11.2 Å². The molecule has 0 saturated carbocycles. The summed E-state index contributed by atoms with van der Waals surface area (Å²) >= 11 is 0. The molecular weight excluding hydrogens is 399 g/mol.